The number of halogens is 2. The van der Waals surface area contributed by atoms with Gasteiger partial charge in [0.15, 0.2) is 0 Å². The van der Waals surface area contributed by atoms with Crippen LogP contribution in [0, 0.1) is 0 Å². The lowest BCUT2D eigenvalue weighted by Crippen LogP contribution is -2.17. The number of aromatic nitrogens is 1. The van der Waals surface area contributed by atoms with Gasteiger partial charge in [-0.05, 0) is 42.8 Å². The van der Waals surface area contributed by atoms with Crippen molar-refractivity contribution < 1.29 is 0 Å². The minimum Gasteiger partial charge on any atom is -0.305 e. The van der Waals surface area contributed by atoms with Gasteiger partial charge in [0, 0.05) is 34.1 Å². The highest BCUT2D eigenvalue weighted by Crippen LogP contribution is 2.28. The molecule has 1 N–H and O–H groups in total. The Kier molecular flexibility index (Phi) is 4.45. The highest BCUT2D eigenvalue weighted by Gasteiger charge is 2.10. The molecule has 1 unspecified atom stereocenters. The highest BCUT2D eigenvalue weighted by molar-refractivity contribution is 7.16. The first kappa shape index (κ1) is 14.8. The lowest BCUT2D eigenvalue weighted by molar-refractivity contribution is 0.584. The van der Waals surface area contributed by atoms with Crippen LogP contribution >= 0.6 is 34.5 Å². The molecule has 0 amide bonds. The summed E-state index contributed by atoms with van der Waals surface area (Å²) in [6.07, 6.45) is 1.80. The molecule has 0 radical (unpaired) electrons. The van der Waals surface area contributed by atoms with E-state index in [2.05, 4.69) is 23.3 Å². The maximum Gasteiger partial charge on any atom is 0.0931 e. The summed E-state index contributed by atoms with van der Waals surface area (Å²) in [4.78, 5) is 5.68. The number of pyridine rings is 1. The first-order chi connectivity index (χ1) is 10.1. The maximum absolute atomic E-state index is 6.22. The third kappa shape index (κ3) is 3.22. The quantitative estimate of drug-likeness (QED) is 0.684. The molecule has 2 heterocycles. The molecule has 2 nitrogen and oxygen atoms in total. The van der Waals surface area contributed by atoms with E-state index in [9.17, 15) is 0 Å². The van der Waals surface area contributed by atoms with E-state index in [0.717, 1.165) is 32.4 Å². The van der Waals surface area contributed by atoms with E-state index in [4.69, 9.17) is 23.2 Å². The van der Waals surface area contributed by atoms with Crippen molar-refractivity contribution in [1.82, 2.24) is 10.3 Å². The summed E-state index contributed by atoms with van der Waals surface area (Å²) in [5, 5.41) is 5.24. The SMILES string of the molecule is CC(NCc1ccc(Cl)c2cccnc12)c1ccc(Cl)s1. The van der Waals surface area contributed by atoms with Gasteiger partial charge in [0.05, 0.1) is 9.85 Å². The van der Waals surface area contributed by atoms with E-state index in [1.54, 1.807) is 17.5 Å². The second-order valence-electron chi connectivity index (χ2n) is 4.85. The van der Waals surface area contributed by atoms with Crippen molar-refractivity contribution >= 4 is 45.4 Å². The Morgan fingerprint density at radius 1 is 1.19 bits per heavy atom. The lowest BCUT2D eigenvalue weighted by atomic mass is 10.1. The van der Waals surface area contributed by atoms with Crippen LogP contribution in [0.2, 0.25) is 9.36 Å². The molecule has 0 spiro atoms. The van der Waals surface area contributed by atoms with Crippen LogP contribution in [0.4, 0.5) is 0 Å². The van der Waals surface area contributed by atoms with Crippen molar-refractivity contribution in [3.05, 3.63) is 62.4 Å². The van der Waals surface area contributed by atoms with Crippen molar-refractivity contribution in [3.63, 3.8) is 0 Å². The lowest BCUT2D eigenvalue weighted by Gasteiger charge is -2.13. The number of hydrogen-bond acceptors (Lipinski definition) is 3. The molecule has 5 heteroatoms. The number of rotatable bonds is 4. The monoisotopic (exact) mass is 336 g/mol. The van der Waals surface area contributed by atoms with E-state index >= 15 is 0 Å². The van der Waals surface area contributed by atoms with Gasteiger partial charge in [0.1, 0.15) is 0 Å². The minimum atomic E-state index is 0.247. The van der Waals surface area contributed by atoms with Gasteiger partial charge >= 0.3 is 0 Å². The number of nitrogens with one attached hydrogen (secondary N) is 1. The topological polar surface area (TPSA) is 24.9 Å². The third-order valence-corrected chi connectivity index (χ3v) is 5.16. The minimum absolute atomic E-state index is 0.247. The summed E-state index contributed by atoms with van der Waals surface area (Å²) in [5.74, 6) is 0. The molecule has 3 rings (SSSR count). The average molecular weight is 337 g/mol. The number of fused-ring (bicyclic) bond motifs is 1. The molecule has 0 saturated heterocycles. The molecule has 1 aromatic carbocycles. The molecule has 0 fully saturated rings. The first-order valence-electron chi connectivity index (χ1n) is 6.66. The zero-order chi connectivity index (χ0) is 14.8. The fraction of sp³-hybridized carbons (Fsp3) is 0.188. The Hall–Kier alpha value is -1.13. The summed E-state index contributed by atoms with van der Waals surface area (Å²) >= 11 is 13.8. The molecule has 21 heavy (non-hydrogen) atoms. The Bertz CT molecular complexity index is 770. The number of thiophene rings is 1. The van der Waals surface area contributed by atoms with Crippen LogP contribution in [-0.4, -0.2) is 4.98 Å². The van der Waals surface area contributed by atoms with E-state index in [1.807, 2.05) is 30.3 Å². The molecule has 0 aliphatic carbocycles. The van der Waals surface area contributed by atoms with Crippen molar-refractivity contribution in [1.29, 1.82) is 0 Å². The zero-order valence-electron chi connectivity index (χ0n) is 11.4. The highest BCUT2D eigenvalue weighted by atomic mass is 35.5. The third-order valence-electron chi connectivity index (χ3n) is 3.42. The molecule has 0 bridgehead atoms. The summed E-state index contributed by atoms with van der Waals surface area (Å²) in [6.45, 7) is 2.87. The predicted molar refractivity (Wildman–Crippen MR) is 91.3 cm³/mol. The molecule has 3 aromatic rings. The van der Waals surface area contributed by atoms with E-state index < -0.39 is 0 Å². The molecular formula is C16H14Cl2N2S. The number of hydrogen-bond donors (Lipinski definition) is 1. The summed E-state index contributed by atoms with van der Waals surface area (Å²) in [5.41, 5.74) is 2.10. The van der Waals surface area contributed by atoms with Crippen LogP contribution in [0.25, 0.3) is 10.9 Å². The van der Waals surface area contributed by atoms with Gasteiger partial charge < -0.3 is 5.32 Å². The summed E-state index contributed by atoms with van der Waals surface area (Å²) in [7, 11) is 0. The Morgan fingerprint density at radius 2 is 2.05 bits per heavy atom. The Balaban J connectivity index is 1.81. The Labute approximate surface area is 137 Å². The molecule has 0 aliphatic heterocycles. The largest absolute Gasteiger partial charge is 0.305 e. The van der Waals surface area contributed by atoms with Gasteiger partial charge in [0.25, 0.3) is 0 Å². The van der Waals surface area contributed by atoms with Crippen LogP contribution in [0.5, 0.6) is 0 Å². The van der Waals surface area contributed by atoms with Gasteiger partial charge in [-0.2, -0.15) is 0 Å². The zero-order valence-corrected chi connectivity index (χ0v) is 13.8. The first-order valence-corrected chi connectivity index (χ1v) is 8.23. The van der Waals surface area contributed by atoms with Crippen LogP contribution in [0.1, 0.15) is 23.4 Å². The normalized spacial score (nSPS) is 12.7. The van der Waals surface area contributed by atoms with Gasteiger partial charge in [-0.1, -0.05) is 29.3 Å². The standard InChI is InChI=1S/C16H14Cl2N2S/c1-10(14-6-7-15(18)21-14)20-9-11-4-5-13(17)12-3-2-8-19-16(11)12/h2-8,10,20H,9H2,1H3. The van der Waals surface area contributed by atoms with Crippen molar-refractivity contribution in [2.24, 2.45) is 0 Å². The maximum atomic E-state index is 6.22. The fourth-order valence-corrected chi connectivity index (χ4v) is 3.57. The molecule has 0 aliphatic rings. The van der Waals surface area contributed by atoms with Gasteiger partial charge in [0.2, 0.25) is 0 Å². The smallest absolute Gasteiger partial charge is 0.0931 e. The van der Waals surface area contributed by atoms with Crippen LogP contribution in [-0.2, 0) is 6.54 Å². The van der Waals surface area contributed by atoms with Crippen LogP contribution < -0.4 is 5.32 Å². The second kappa shape index (κ2) is 6.32. The van der Waals surface area contributed by atoms with E-state index in [1.165, 1.54) is 4.88 Å². The molecule has 2 aromatic heterocycles. The molecule has 1 atom stereocenters. The Morgan fingerprint density at radius 3 is 2.81 bits per heavy atom. The van der Waals surface area contributed by atoms with Crippen molar-refractivity contribution in [2.75, 3.05) is 0 Å². The predicted octanol–water partition coefficient (Wildman–Crippen LogP) is 5.45. The summed E-state index contributed by atoms with van der Waals surface area (Å²) < 4.78 is 0.817. The van der Waals surface area contributed by atoms with Crippen molar-refractivity contribution in [2.45, 2.75) is 19.5 Å². The van der Waals surface area contributed by atoms with Crippen LogP contribution in [0.15, 0.2) is 42.6 Å². The van der Waals surface area contributed by atoms with Crippen LogP contribution in [0.3, 0.4) is 0 Å². The molecule has 108 valence electrons. The van der Waals surface area contributed by atoms with E-state index in [0.29, 0.717) is 0 Å². The molecular weight excluding hydrogens is 323 g/mol. The van der Waals surface area contributed by atoms with Crippen molar-refractivity contribution in [3.8, 4) is 0 Å². The van der Waals surface area contributed by atoms with Gasteiger partial charge in [-0.15, -0.1) is 11.3 Å². The average Bonchev–Trinajstić information content (AvgIpc) is 2.93. The summed E-state index contributed by atoms with van der Waals surface area (Å²) in [6, 6.07) is 12.1. The van der Waals surface area contributed by atoms with E-state index in [-0.39, 0.29) is 6.04 Å². The van der Waals surface area contributed by atoms with Gasteiger partial charge in [-0.25, -0.2) is 0 Å². The fourth-order valence-electron chi connectivity index (χ4n) is 2.26. The molecule has 0 saturated carbocycles. The number of nitrogens with zero attached hydrogens (tertiary/aromatic N) is 1. The second-order valence-corrected chi connectivity index (χ2v) is 7.00. The van der Waals surface area contributed by atoms with Gasteiger partial charge in [-0.3, -0.25) is 4.98 Å². The number of benzene rings is 1.